The maximum Gasteiger partial charge on any atom is 0.167 e. The maximum absolute atomic E-state index is 14.7. The highest BCUT2D eigenvalue weighted by Gasteiger charge is 2.26. The molecule has 31 heavy (non-hydrogen) atoms. The number of nitrogens with zero attached hydrogens (tertiary/aromatic N) is 2. The van der Waals surface area contributed by atoms with Crippen LogP contribution < -0.4 is 15.0 Å². The Kier molecular flexibility index (Phi) is 6.68. The Bertz CT molecular complexity index is 1030. The number of piperidine rings is 1. The molecule has 162 valence electrons. The van der Waals surface area contributed by atoms with Crippen LogP contribution in [0.1, 0.15) is 30.0 Å². The van der Waals surface area contributed by atoms with Crippen molar-refractivity contribution >= 4 is 17.3 Å². The number of hydrogen-bond donors (Lipinski definition) is 1. The van der Waals surface area contributed by atoms with Crippen molar-refractivity contribution in [2.45, 2.75) is 24.9 Å². The molecular formula is C24H24ClF2N3O. The zero-order chi connectivity index (χ0) is 21.8. The Morgan fingerprint density at radius 2 is 1.90 bits per heavy atom. The predicted molar refractivity (Wildman–Crippen MR) is 119 cm³/mol. The third-order valence-corrected chi connectivity index (χ3v) is 5.92. The number of benzene rings is 2. The first-order valence-corrected chi connectivity index (χ1v) is 10.6. The van der Waals surface area contributed by atoms with Crippen molar-refractivity contribution in [3.63, 3.8) is 0 Å². The number of aromatic nitrogens is 1. The number of hydrogen-bond acceptors (Lipinski definition) is 4. The van der Waals surface area contributed by atoms with E-state index in [0.29, 0.717) is 10.6 Å². The van der Waals surface area contributed by atoms with Crippen LogP contribution in [0.25, 0.3) is 0 Å². The van der Waals surface area contributed by atoms with E-state index >= 15 is 0 Å². The molecule has 7 heteroatoms. The summed E-state index contributed by atoms with van der Waals surface area (Å²) in [6, 6.07) is 13.4. The predicted octanol–water partition coefficient (Wildman–Crippen LogP) is 5.37. The number of anilines is 1. The van der Waals surface area contributed by atoms with Crippen molar-refractivity contribution in [2.24, 2.45) is 0 Å². The molecule has 0 aliphatic carbocycles. The van der Waals surface area contributed by atoms with Crippen molar-refractivity contribution in [1.82, 2.24) is 10.3 Å². The number of halogens is 3. The Balaban J connectivity index is 1.48. The van der Waals surface area contributed by atoms with Gasteiger partial charge in [-0.15, -0.1) is 0 Å². The van der Waals surface area contributed by atoms with Gasteiger partial charge in [-0.2, -0.15) is 0 Å². The van der Waals surface area contributed by atoms with Gasteiger partial charge in [-0.1, -0.05) is 23.7 Å². The zero-order valence-electron chi connectivity index (χ0n) is 17.2. The summed E-state index contributed by atoms with van der Waals surface area (Å²) in [5, 5.41) is 3.97. The van der Waals surface area contributed by atoms with Crippen molar-refractivity contribution in [2.75, 3.05) is 25.1 Å². The van der Waals surface area contributed by atoms with E-state index in [1.165, 1.54) is 19.2 Å². The van der Waals surface area contributed by atoms with Gasteiger partial charge in [0.1, 0.15) is 5.82 Å². The lowest BCUT2D eigenvalue weighted by Gasteiger charge is -2.36. The Morgan fingerprint density at radius 3 is 2.55 bits per heavy atom. The van der Waals surface area contributed by atoms with Gasteiger partial charge in [0.25, 0.3) is 0 Å². The summed E-state index contributed by atoms with van der Waals surface area (Å²) in [4.78, 5) is 6.36. The lowest BCUT2D eigenvalue weighted by molar-refractivity contribution is 0.381. The highest BCUT2D eigenvalue weighted by Crippen LogP contribution is 2.30. The first-order valence-electron chi connectivity index (χ1n) is 10.2. The van der Waals surface area contributed by atoms with E-state index in [0.717, 1.165) is 37.2 Å². The van der Waals surface area contributed by atoms with Crippen LogP contribution in [-0.4, -0.2) is 31.2 Å². The van der Waals surface area contributed by atoms with Crippen molar-refractivity contribution in [1.29, 1.82) is 0 Å². The summed E-state index contributed by atoms with van der Waals surface area (Å²) in [6.07, 6.45) is 5.14. The van der Waals surface area contributed by atoms with Crippen LogP contribution >= 0.6 is 11.6 Å². The lowest BCUT2D eigenvalue weighted by Crippen LogP contribution is -2.44. The van der Waals surface area contributed by atoms with E-state index in [-0.39, 0.29) is 29.5 Å². The fourth-order valence-electron chi connectivity index (χ4n) is 4.04. The minimum absolute atomic E-state index is 0.180. The van der Waals surface area contributed by atoms with Gasteiger partial charge in [0.2, 0.25) is 0 Å². The van der Waals surface area contributed by atoms with Gasteiger partial charge >= 0.3 is 0 Å². The van der Waals surface area contributed by atoms with E-state index in [9.17, 15) is 8.78 Å². The Morgan fingerprint density at radius 1 is 1.10 bits per heavy atom. The molecule has 1 aliphatic heterocycles. The first kappa shape index (κ1) is 21.5. The molecule has 2 heterocycles. The van der Waals surface area contributed by atoms with Crippen LogP contribution in [-0.2, 0) is 0 Å². The molecule has 0 bridgehead atoms. The standard InChI is InChI=1S/C24H24ClF2N3O/c1-31-23-7-5-19(14-22(23)27)30-11-8-18(9-12-30)29-24(16-3-2-10-28-15-16)20-6-4-17(25)13-21(20)26/h2-7,10,13-15,18,24,29H,8-9,11-12H2,1H3. The van der Waals surface area contributed by atoms with Crippen molar-refractivity contribution in [3.05, 3.63) is 88.7 Å². The molecule has 2 aromatic carbocycles. The highest BCUT2D eigenvalue weighted by molar-refractivity contribution is 6.30. The quantitative estimate of drug-likeness (QED) is 0.555. The fraction of sp³-hybridized carbons (Fsp3) is 0.292. The second-order valence-corrected chi connectivity index (χ2v) is 8.07. The van der Waals surface area contributed by atoms with Gasteiger partial charge in [-0.05, 0) is 48.7 Å². The molecule has 1 saturated heterocycles. The molecule has 1 aliphatic rings. The topological polar surface area (TPSA) is 37.4 Å². The zero-order valence-corrected chi connectivity index (χ0v) is 17.9. The number of nitrogens with one attached hydrogen (secondary N) is 1. The van der Waals surface area contributed by atoms with Crippen LogP contribution in [0.2, 0.25) is 5.02 Å². The lowest BCUT2D eigenvalue weighted by atomic mass is 9.96. The summed E-state index contributed by atoms with van der Waals surface area (Å²) in [6.45, 7) is 1.54. The van der Waals surface area contributed by atoms with E-state index in [4.69, 9.17) is 16.3 Å². The Hall–Kier alpha value is -2.70. The first-order chi connectivity index (χ1) is 15.0. The van der Waals surface area contributed by atoms with Crippen molar-refractivity contribution in [3.8, 4) is 5.75 Å². The minimum Gasteiger partial charge on any atom is -0.494 e. The summed E-state index contributed by atoms with van der Waals surface area (Å²) in [7, 11) is 1.46. The molecule has 1 aromatic heterocycles. The third kappa shape index (κ3) is 4.97. The summed E-state index contributed by atoms with van der Waals surface area (Å²) in [5.41, 5.74) is 2.27. The number of methoxy groups -OCH3 is 1. The van der Waals surface area contributed by atoms with Crippen LogP contribution in [0.4, 0.5) is 14.5 Å². The maximum atomic E-state index is 14.7. The summed E-state index contributed by atoms with van der Waals surface area (Å²) >= 11 is 5.95. The van der Waals surface area contributed by atoms with Gasteiger partial charge < -0.3 is 15.0 Å². The van der Waals surface area contributed by atoms with Crippen molar-refractivity contribution < 1.29 is 13.5 Å². The number of pyridine rings is 1. The molecule has 4 rings (SSSR count). The minimum atomic E-state index is -0.366. The van der Waals surface area contributed by atoms with Gasteiger partial charge in [0, 0.05) is 53.9 Å². The average Bonchev–Trinajstić information content (AvgIpc) is 2.79. The molecule has 1 unspecified atom stereocenters. The monoisotopic (exact) mass is 443 g/mol. The largest absolute Gasteiger partial charge is 0.494 e. The summed E-state index contributed by atoms with van der Waals surface area (Å²) in [5.74, 6) is -0.472. The fourth-order valence-corrected chi connectivity index (χ4v) is 4.20. The van der Waals surface area contributed by atoms with Crippen LogP contribution in [0.3, 0.4) is 0 Å². The molecule has 1 atom stereocenters. The van der Waals surface area contributed by atoms with Gasteiger partial charge in [0.05, 0.1) is 13.2 Å². The number of ether oxygens (including phenoxy) is 1. The van der Waals surface area contributed by atoms with Crippen LogP contribution in [0.5, 0.6) is 5.75 Å². The molecule has 0 radical (unpaired) electrons. The molecule has 0 amide bonds. The SMILES string of the molecule is COc1ccc(N2CCC(NC(c3cccnc3)c3ccc(Cl)cc3F)CC2)cc1F. The molecule has 1 fully saturated rings. The highest BCUT2D eigenvalue weighted by atomic mass is 35.5. The third-order valence-electron chi connectivity index (χ3n) is 5.69. The van der Waals surface area contributed by atoms with Gasteiger partial charge in [0.15, 0.2) is 11.6 Å². The smallest absolute Gasteiger partial charge is 0.167 e. The summed E-state index contributed by atoms with van der Waals surface area (Å²) < 4.78 is 33.8. The second kappa shape index (κ2) is 9.62. The average molecular weight is 444 g/mol. The molecular weight excluding hydrogens is 420 g/mol. The Labute approximate surface area is 185 Å². The van der Waals surface area contributed by atoms with E-state index in [1.54, 1.807) is 30.6 Å². The van der Waals surface area contributed by atoms with E-state index in [1.807, 2.05) is 18.2 Å². The normalized spacial score (nSPS) is 15.7. The molecule has 4 nitrogen and oxygen atoms in total. The second-order valence-electron chi connectivity index (χ2n) is 7.63. The van der Waals surface area contributed by atoms with Crippen LogP contribution in [0, 0.1) is 11.6 Å². The van der Waals surface area contributed by atoms with Gasteiger partial charge in [-0.25, -0.2) is 8.78 Å². The molecule has 0 saturated carbocycles. The molecule has 0 spiro atoms. The van der Waals surface area contributed by atoms with Crippen LogP contribution in [0.15, 0.2) is 60.9 Å². The van der Waals surface area contributed by atoms with E-state index < -0.39 is 0 Å². The molecule has 3 aromatic rings. The van der Waals surface area contributed by atoms with Gasteiger partial charge in [-0.3, -0.25) is 4.98 Å². The molecule has 1 N–H and O–H groups in total. The van der Waals surface area contributed by atoms with E-state index in [2.05, 4.69) is 15.2 Å². The number of rotatable bonds is 6.